The van der Waals surface area contributed by atoms with Crippen molar-refractivity contribution in [3.8, 4) is 5.88 Å². The van der Waals surface area contributed by atoms with E-state index in [1.807, 2.05) is 0 Å². The van der Waals surface area contributed by atoms with Gasteiger partial charge in [0.2, 0.25) is 11.8 Å². The number of rotatable bonds is 5. The Balaban J connectivity index is 2.06. The molecule has 3 aromatic rings. The number of halogens is 1. The molecule has 2 aromatic carbocycles. The SMILES string of the molecule is CC(=O)Nc1ccc2c(C(=O)NCc3ccc(F)cc3)c(O)n(N=O)c(=O)c2c1. The largest absolute Gasteiger partial charge is 0.493 e. The summed E-state index contributed by atoms with van der Waals surface area (Å²) < 4.78 is 13.2. The van der Waals surface area contributed by atoms with Crippen LogP contribution in [-0.4, -0.2) is 21.6 Å². The average Bonchev–Trinajstić information content (AvgIpc) is 2.68. The molecule has 2 amide bonds. The Bertz CT molecular complexity index is 1190. The highest BCUT2D eigenvalue weighted by Crippen LogP contribution is 2.27. The molecule has 9 nitrogen and oxygen atoms in total. The maximum atomic E-state index is 13.0. The van der Waals surface area contributed by atoms with Crippen LogP contribution in [0.25, 0.3) is 10.8 Å². The van der Waals surface area contributed by atoms with Gasteiger partial charge in [0.15, 0.2) is 0 Å². The third-order valence-corrected chi connectivity index (χ3v) is 4.13. The maximum Gasteiger partial charge on any atom is 0.284 e. The molecule has 148 valence electrons. The van der Waals surface area contributed by atoms with Crippen molar-refractivity contribution in [2.24, 2.45) is 5.29 Å². The zero-order valence-corrected chi connectivity index (χ0v) is 15.1. The Kier molecular flexibility index (Phi) is 5.35. The van der Waals surface area contributed by atoms with E-state index in [4.69, 9.17) is 0 Å². The zero-order chi connectivity index (χ0) is 21.1. The molecule has 29 heavy (non-hydrogen) atoms. The first kappa shape index (κ1) is 19.7. The number of pyridine rings is 1. The number of benzene rings is 2. The molecule has 3 rings (SSSR count). The Morgan fingerprint density at radius 2 is 1.83 bits per heavy atom. The van der Waals surface area contributed by atoms with Crippen molar-refractivity contribution in [3.05, 3.63) is 74.7 Å². The van der Waals surface area contributed by atoms with Crippen molar-refractivity contribution in [1.29, 1.82) is 0 Å². The molecule has 0 aliphatic rings. The second-order valence-corrected chi connectivity index (χ2v) is 6.15. The summed E-state index contributed by atoms with van der Waals surface area (Å²) in [6, 6.07) is 9.49. The molecule has 0 spiro atoms. The second-order valence-electron chi connectivity index (χ2n) is 6.15. The van der Waals surface area contributed by atoms with Crippen LogP contribution >= 0.6 is 0 Å². The quantitative estimate of drug-likeness (QED) is 0.568. The average molecular weight is 398 g/mol. The van der Waals surface area contributed by atoms with Crippen LogP contribution < -0.4 is 16.2 Å². The molecule has 3 N–H and O–H groups in total. The number of nitrogens with zero attached hydrogens (tertiary/aromatic N) is 2. The zero-order valence-electron chi connectivity index (χ0n) is 15.1. The van der Waals surface area contributed by atoms with Crippen molar-refractivity contribution >= 4 is 28.3 Å². The molecule has 0 radical (unpaired) electrons. The van der Waals surface area contributed by atoms with Gasteiger partial charge in [0.25, 0.3) is 11.5 Å². The minimum Gasteiger partial charge on any atom is -0.493 e. The summed E-state index contributed by atoms with van der Waals surface area (Å²) >= 11 is 0. The first-order valence-electron chi connectivity index (χ1n) is 8.37. The van der Waals surface area contributed by atoms with E-state index < -0.39 is 23.2 Å². The molecule has 0 aliphatic carbocycles. The summed E-state index contributed by atoms with van der Waals surface area (Å²) in [5.74, 6) is -2.50. The minimum absolute atomic E-state index is 0.0116. The van der Waals surface area contributed by atoms with Crippen molar-refractivity contribution in [2.75, 3.05) is 5.32 Å². The summed E-state index contributed by atoms with van der Waals surface area (Å²) in [5, 5.41) is 17.7. The van der Waals surface area contributed by atoms with E-state index in [1.54, 1.807) is 0 Å². The van der Waals surface area contributed by atoms with Gasteiger partial charge in [-0.1, -0.05) is 18.2 Å². The Labute approximate surface area is 162 Å². The van der Waals surface area contributed by atoms with E-state index >= 15 is 0 Å². The first-order valence-corrected chi connectivity index (χ1v) is 8.37. The number of carbonyl (C=O) groups excluding carboxylic acids is 2. The lowest BCUT2D eigenvalue weighted by Crippen LogP contribution is -2.27. The van der Waals surface area contributed by atoms with E-state index in [-0.39, 0.29) is 39.2 Å². The lowest BCUT2D eigenvalue weighted by molar-refractivity contribution is -0.114. The molecule has 0 saturated heterocycles. The lowest BCUT2D eigenvalue weighted by atomic mass is 10.0. The molecule has 10 heteroatoms. The van der Waals surface area contributed by atoms with E-state index in [9.17, 15) is 28.8 Å². The molecule has 1 aromatic heterocycles. The van der Waals surface area contributed by atoms with Gasteiger partial charge in [-0.15, -0.1) is 9.58 Å². The van der Waals surface area contributed by atoms with Crippen molar-refractivity contribution in [2.45, 2.75) is 13.5 Å². The topological polar surface area (TPSA) is 130 Å². The van der Waals surface area contributed by atoms with E-state index in [0.717, 1.165) is 0 Å². The number of nitroso groups, excluding NO2 is 1. The number of fused-ring (bicyclic) bond motifs is 1. The third-order valence-electron chi connectivity index (χ3n) is 4.13. The molecule has 0 unspecified atom stereocenters. The Morgan fingerprint density at radius 3 is 2.45 bits per heavy atom. The number of amides is 2. The Hall–Kier alpha value is -4.08. The van der Waals surface area contributed by atoms with Crippen LogP contribution in [0.15, 0.2) is 52.5 Å². The van der Waals surface area contributed by atoms with Crippen molar-refractivity contribution in [3.63, 3.8) is 0 Å². The fraction of sp³-hybridized carbons (Fsp3) is 0.105. The predicted octanol–water partition coefficient (Wildman–Crippen LogP) is 2.26. The highest BCUT2D eigenvalue weighted by molar-refractivity contribution is 6.09. The van der Waals surface area contributed by atoms with Gasteiger partial charge >= 0.3 is 0 Å². The predicted molar refractivity (Wildman–Crippen MR) is 103 cm³/mol. The van der Waals surface area contributed by atoms with Crippen LogP contribution in [0.4, 0.5) is 10.1 Å². The van der Waals surface area contributed by atoms with Gasteiger partial charge in [-0.3, -0.25) is 14.4 Å². The number of hydrogen-bond donors (Lipinski definition) is 3. The molecule has 0 fully saturated rings. The third kappa shape index (κ3) is 3.95. The number of nitrogens with one attached hydrogen (secondary N) is 2. The summed E-state index contributed by atoms with van der Waals surface area (Å²) in [6.07, 6.45) is 0. The van der Waals surface area contributed by atoms with Crippen molar-refractivity contribution in [1.82, 2.24) is 9.99 Å². The van der Waals surface area contributed by atoms with E-state index in [0.29, 0.717) is 5.56 Å². The minimum atomic E-state index is -0.949. The van der Waals surface area contributed by atoms with Gasteiger partial charge < -0.3 is 15.7 Å². The number of carbonyl (C=O) groups is 2. The van der Waals surface area contributed by atoms with Crippen LogP contribution in [0.2, 0.25) is 0 Å². The van der Waals surface area contributed by atoms with Gasteiger partial charge in [0, 0.05) is 24.5 Å². The number of aromatic hydroxyl groups is 1. The molecule has 0 saturated carbocycles. The number of aromatic nitrogens is 1. The molecule has 0 atom stereocenters. The number of anilines is 1. The van der Waals surface area contributed by atoms with Crippen molar-refractivity contribution < 1.29 is 19.1 Å². The monoisotopic (exact) mass is 398 g/mol. The van der Waals surface area contributed by atoms with Gasteiger partial charge in [-0.05, 0) is 29.8 Å². The summed E-state index contributed by atoms with van der Waals surface area (Å²) in [7, 11) is 0. The van der Waals surface area contributed by atoms with Crippen LogP contribution in [0.5, 0.6) is 5.88 Å². The standard InChI is InChI=1S/C19H15FN4O5/c1-10(25)22-13-6-7-14-15(8-13)18(27)24(23-29)19(28)16(14)17(26)21-9-11-2-4-12(20)5-3-11/h2-8,28H,9H2,1H3,(H,21,26)(H,22,25). The van der Waals surface area contributed by atoms with Crippen LogP contribution in [-0.2, 0) is 11.3 Å². The molecule has 0 aliphatic heterocycles. The highest BCUT2D eigenvalue weighted by Gasteiger charge is 2.22. The normalized spacial score (nSPS) is 10.6. The first-order chi connectivity index (χ1) is 13.8. The summed E-state index contributed by atoms with van der Waals surface area (Å²) in [4.78, 5) is 47.4. The maximum absolute atomic E-state index is 13.0. The van der Waals surface area contributed by atoms with Crippen LogP contribution in [0, 0.1) is 10.7 Å². The fourth-order valence-electron chi connectivity index (χ4n) is 2.83. The lowest BCUT2D eigenvalue weighted by Gasteiger charge is -2.12. The molecular formula is C19H15FN4O5. The molecular weight excluding hydrogens is 383 g/mol. The number of hydrogen-bond acceptors (Lipinski definition) is 6. The highest BCUT2D eigenvalue weighted by atomic mass is 19.1. The second kappa shape index (κ2) is 7.89. The summed E-state index contributed by atoms with van der Waals surface area (Å²) in [6.45, 7) is 1.29. The van der Waals surface area contributed by atoms with Gasteiger partial charge in [0.1, 0.15) is 11.4 Å². The summed E-state index contributed by atoms with van der Waals surface area (Å²) in [5.41, 5.74) is -0.424. The van der Waals surface area contributed by atoms with Crippen LogP contribution in [0.3, 0.4) is 0 Å². The van der Waals surface area contributed by atoms with E-state index in [1.165, 1.54) is 49.4 Å². The van der Waals surface area contributed by atoms with Gasteiger partial charge in [0.05, 0.1) is 10.7 Å². The van der Waals surface area contributed by atoms with Gasteiger partial charge in [-0.2, -0.15) is 0 Å². The van der Waals surface area contributed by atoms with Crippen LogP contribution in [0.1, 0.15) is 22.8 Å². The fourth-order valence-corrected chi connectivity index (χ4v) is 2.83. The molecule has 0 bridgehead atoms. The smallest absolute Gasteiger partial charge is 0.284 e. The van der Waals surface area contributed by atoms with E-state index in [2.05, 4.69) is 15.9 Å². The van der Waals surface area contributed by atoms with Gasteiger partial charge in [-0.25, -0.2) is 4.39 Å². The Morgan fingerprint density at radius 1 is 1.14 bits per heavy atom. The molecule has 1 heterocycles.